The summed E-state index contributed by atoms with van der Waals surface area (Å²) in [5.41, 5.74) is 5.98. The Bertz CT molecular complexity index is 662. The molecule has 0 aliphatic heterocycles. The number of ether oxygens (including phenoxy) is 2. The van der Waals surface area contributed by atoms with E-state index in [2.05, 4.69) is 0 Å². The van der Waals surface area contributed by atoms with Crippen molar-refractivity contribution in [1.29, 1.82) is 0 Å². The minimum atomic E-state index is -0.692. The van der Waals surface area contributed by atoms with Gasteiger partial charge in [-0.25, -0.2) is 8.78 Å². The molecule has 0 fully saturated rings. The average molecular weight is 295 g/mol. The lowest BCUT2D eigenvalue weighted by atomic mass is 10.2. The smallest absolute Gasteiger partial charge is 0.166 e. The van der Waals surface area contributed by atoms with E-state index in [0.29, 0.717) is 11.3 Å². The molecule has 0 unspecified atom stereocenters. The van der Waals surface area contributed by atoms with Crippen molar-refractivity contribution in [3.63, 3.8) is 0 Å². The lowest BCUT2D eigenvalue weighted by Gasteiger charge is -2.12. The molecular weight excluding hydrogens is 284 g/mol. The lowest BCUT2D eigenvalue weighted by molar-refractivity contribution is 0.404. The first-order valence-electron chi connectivity index (χ1n) is 5.62. The van der Waals surface area contributed by atoms with E-state index in [1.165, 1.54) is 13.2 Å². The molecule has 0 radical (unpaired) electrons. The van der Waals surface area contributed by atoms with Gasteiger partial charge in [0.15, 0.2) is 11.6 Å². The third-order valence-corrected chi connectivity index (χ3v) is 2.79. The summed E-state index contributed by atoms with van der Waals surface area (Å²) in [6.07, 6.45) is 0. The highest BCUT2D eigenvalue weighted by atomic mass is 32.1. The predicted octanol–water partition coefficient (Wildman–Crippen LogP) is 3.40. The summed E-state index contributed by atoms with van der Waals surface area (Å²) in [7, 11) is 1.47. The minimum Gasteiger partial charge on any atom is -0.497 e. The number of rotatable bonds is 4. The molecule has 3 nitrogen and oxygen atoms in total. The second kappa shape index (κ2) is 5.83. The van der Waals surface area contributed by atoms with Gasteiger partial charge in [0.25, 0.3) is 0 Å². The minimum absolute atomic E-state index is 0.0828. The SMILES string of the molecule is COc1ccc(C(N)=S)c(Oc2cc(F)ccc2F)c1. The van der Waals surface area contributed by atoms with Crippen molar-refractivity contribution >= 4 is 17.2 Å². The van der Waals surface area contributed by atoms with Crippen molar-refractivity contribution in [2.75, 3.05) is 7.11 Å². The van der Waals surface area contributed by atoms with Gasteiger partial charge in [-0.05, 0) is 24.3 Å². The molecule has 0 saturated heterocycles. The van der Waals surface area contributed by atoms with Crippen LogP contribution in [0.2, 0.25) is 0 Å². The van der Waals surface area contributed by atoms with Crippen LogP contribution in [0.1, 0.15) is 5.56 Å². The van der Waals surface area contributed by atoms with Crippen molar-refractivity contribution in [2.24, 2.45) is 5.73 Å². The van der Waals surface area contributed by atoms with Gasteiger partial charge < -0.3 is 15.2 Å². The van der Waals surface area contributed by atoms with Crippen molar-refractivity contribution in [2.45, 2.75) is 0 Å². The molecule has 20 heavy (non-hydrogen) atoms. The number of halogens is 2. The van der Waals surface area contributed by atoms with E-state index >= 15 is 0 Å². The maximum absolute atomic E-state index is 13.6. The van der Waals surface area contributed by atoms with Gasteiger partial charge in [-0.3, -0.25) is 0 Å². The van der Waals surface area contributed by atoms with Crippen LogP contribution >= 0.6 is 12.2 Å². The Hall–Kier alpha value is -2.21. The molecule has 0 bridgehead atoms. The molecule has 2 aromatic rings. The summed E-state index contributed by atoms with van der Waals surface area (Å²) >= 11 is 4.89. The van der Waals surface area contributed by atoms with Gasteiger partial charge in [-0.1, -0.05) is 12.2 Å². The monoisotopic (exact) mass is 295 g/mol. The fourth-order valence-corrected chi connectivity index (χ4v) is 1.76. The Morgan fingerprint density at radius 3 is 2.50 bits per heavy atom. The zero-order valence-electron chi connectivity index (χ0n) is 10.5. The van der Waals surface area contributed by atoms with Crippen molar-refractivity contribution in [3.8, 4) is 17.2 Å². The Kier molecular flexibility index (Phi) is 4.14. The van der Waals surface area contributed by atoms with Crippen molar-refractivity contribution < 1.29 is 18.3 Å². The highest BCUT2D eigenvalue weighted by Crippen LogP contribution is 2.31. The fraction of sp³-hybridized carbons (Fsp3) is 0.0714. The third kappa shape index (κ3) is 3.03. The van der Waals surface area contributed by atoms with Gasteiger partial charge in [0.2, 0.25) is 0 Å². The summed E-state index contributed by atoms with van der Waals surface area (Å²) in [4.78, 5) is 0.0828. The van der Waals surface area contributed by atoms with Crippen LogP contribution in [0, 0.1) is 11.6 Å². The Balaban J connectivity index is 2.45. The average Bonchev–Trinajstić information content (AvgIpc) is 2.42. The highest BCUT2D eigenvalue weighted by molar-refractivity contribution is 7.80. The Morgan fingerprint density at radius 2 is 1.85 bits per heavy atom. The van der Waals surface area contributed by atoms with E-state index in [1.807, 2.05) is 0 Å². The molecule has 0 aliphatic rings. The van der Waals surface area contributed by atoms with E-state index < -0.39 is 11.6 Å². The molecule has 0 aliphatic carbocycles. The first-order chi connectivity index (χ1) is 9.51. The molecule has 2 aromatic carbocycles. The van der Waals surface area contributed by atoms with E-state index in [9.17, 15) is 8.78 Å². The molecule has 6 heteroatoms. The zero-order chi connectivity index (χ0) is 14.7. The highest BCUT2D eigenvalue weighted by Gasteiger charge is 2.12. The summed E-state index contributed by atoms with van der Waals surface area (Å²) in [6.45, 7) is 0. The Morgan fingerprint density at radius 1 is 1.10 bits per heavy atom. The molecule has 0 heterocycles. The van der Waals surface area contributed by atoms with Crippen LogP contribution in [0.3, 0.4) is 0 Å². The van der Waals surface area contributed by atoms with Crippen LogP contribution < -0.4 is 15.2 Å². The van der Waals surface area contributed by atoms with Crippen LogP contribution in [0.5, 0.6) is 17.2 Å². The van der Waals surface area contributed by atoms with Crippen LogP contribution in [0.25, 0.3) is 0 Å². The van der Waals surface area contributed by atoms with Gasteiger partial charge >= 0.3 is 0 Å². The number of benzene rings is 2. The van der Waals surface area contributed by atoms with Gasteiger partial charge in [0.1, 0.15) is 22.3 Å². The van der Waals surface area contributed by atoms with Gasteiger partial charge in [-0.15, -0.1) is 0 Å². The lowest BCUT2D eigenvalue weighted by Crippen LogP contribution is -2.11. The molecule has 104 valence electrons. The van der Waals surface area contributed by atoms with E-state index in [-0.39, 0.29) is 16.5 Å². The first kappa shape index (κ1) is 14.2. The maximum atomic E-state index is 13.6. The quantitative estimate of drug-likeness (QED) is 0.878. The summed E-state index contributed by atoms with van der Waals surface area (Å²) < 4.78 is 37.1. The van der Waals surface area contributed by atoms with Crippen LogP contribution in [0.4, 0.5) is 8.78 Å². The molecule has 0 amide bonds. The molecular formula is C14H11F2NO2S. The maximum Gasteiger partial charge on any atom is 0.166 e. The topological polar surface area (TPSA) is 44.5 Å². The number of thiocarbonyl (C=S) groups is 1. The predicted molar refractivity (Wildman–Crippen MR) is 75.3 cm³/mol. The number of methoxy groups -OCH3 is 1. The van der Waals surface area contributed by atoms with Gasteiger partial charge in [0.05, 0.1) is 12.7 Å². The van der Waals surface area contributed by atoms with E-state index in [1.54, 1.807) is 12.1 Å². The first-order valence-corrected chi connectivity index (χ1v) is 6.03. The van der Waals surface area contributed by atoms with E-state index in [0.717, 1.165) is 18.2 Å². The Labute approximate surface area is 119 Å². The van der Waals surface area contributed by atoms with Gasteiger partial charge in [0, 0.05) is 12.1 Å². The second-order valence-corrected chi connectivity index (χ2v) is 4.34. The van der Waals surface area contributed by atoms with Gasteiger partial charge in [-0.2, -0.15) is 0 Å². The molecule has 2 rings (SSSR count). The number of hydrogen-bond donors (Lipinski definition) is 1. The molecule has 0 atom stereocenters. The summed E-state index contributed by atoms with van der Waals surface area (Å²) in [6, 6.07) is 7.65. The van der Waals surface area contributed by atoms with Crippen LogP contribution in [0.15, 0.2) is 36.4 Å². The molecule has 0 aromatic heterocycles. The third-order valence-electron chi connectivity index (χ3n) is 2.57. The molecule has 2 N–H and O–H groups in total. The van der Waals surface area contributed by atoms with Crippen LogP contribution in [-0.4, -0.2) is 12.1 Å². The standard InChI is InChI=1S/C14H11F2NO2S/c1-18-9-3-4-10(14(17)20)12(7-9)19-13-6-8(15)2-5-11(13)16/h2-7H,1H3,(H2,17,20). The van der Waals surface area contributed by atoms with Crippen LogP contribution in [-0.2, 0) is 0 Å². The zero-order valence-corrected chi connectivity index (χ0v) is 11.3. The summed E-state index contributed by atoms with van der Waals surface area (Å²) in [5.74, 6) is -0.877. The van der Waals surface area contributed by atoms with Crippen molar-refractivity contribution in [1.82, 2.24) is 0 Å². The number of nitrogens with two attached hydrogens (primary N) is 1. The van der Waals surface area contributed by atoms with Crippen molar-refractivity contribution in [3.05, 3.63) is 53.6 Å². The summed E-state index contributed by atoms with van der Waals surface area (Å²) in [5, 5.41) is 0. The fourth-order valence-electron chi connectivity index (χ4n) is 1.59. The van der Waals surface area contributed by atoms with E-state index in [4.69, 9.17) is 27.4 Å². The molecule has 0 saturated carbocycles. The molecule has 0 spiro atoms. The second-order valence-electron chi connectivity index (χ2n) is 3.90. The largest absolute Gasteiger partial charge is 0.497 e. The number of hydrogen-bond acceptors (Lipinski definition) is 3. The normalized spacial score (nSPS) is 10.2.